The van der Waals surface area contributed by atoms with E-state index in [0.717, 1.165) is 5.52 Å². The molecule has 7 heteroatoms. The van der Waals surface area contributed by atoms with Crippen LogP contribution in [0, 0.1) is 5.92 Å². The number of oxazole rings is 1. The van der Waals surface area contributed by atoms with Crippen molar-refractivity contribution in [2.24, 2.45) is 5.92 Å². The van der Waals surface area contributed by atoms with Gasteiger partial charge in [-0.15, -0.1) is 0 Å². The normalized spacial score (nSPS) is 13.1. The molecule has 0 radical (unpaired) electrons. The average Bonchev–Trinajstić information content (AvgIpc) is 3.10. The van der Waals surface area contributed by atoms with Crippen LogP contribution in [0.1, 0.15) is 20.3 Å². The largest absolute Gasteiger partial charge is 0.480 e. The second-order valence-corrected chi connectivity index (χ2v) is 6.37. The number of benzene rings is 2. The number of carbonyl (C=O) groups excluding carboxylic acids is 1. The highest BCUT2D eigenvalue weighted by Gasteiger charge is 2.25. The Kier molecular flexibility index (Phi) is 5.40. The minimum Gasteiger partial charge on any atom is -0.480 e. The molecule has 2 atom stereocenters. The Hall–Kier alpha value is -3.35. The highest BCUT2D eigenvalue weighted by Crippen LogP contribution is 2.26. The fourth-order valence-electron chi connectivity index (χ4n) is 2.72. The summed E-state index contributed by atoms with van der Waals surface area (Å²) in [6.07, 6.45) is 0.643. The van der Waals surface area contributed by atoms with Gasteiger partial charge in [0.25, 0.3) is 0 Å². The van der Waals surface area contributed by atoms with Crippen LogP contribution in [-0.2, 0) is 4.79 Å². The van der Waals surface area contributed by atoms with Gasteiger partial charge in [-0.1, -0.05) is 38.5 Å². The fourth-order valence-corrected chi connectivity index (χ4v) is 2.72. The number of nitrogens with zero attached hydrogens (tertiary/aromatic N) is 1. The number of nitrogens with one attached hydrogen (secondary N) is 2. The summed E-state index contributed by atoms with van der Waals surface area (Å²) in [6, 6.07) is 13.0. The first-order valence-electron chi connectivity index (χ1n) is 8.74. The first kappa shape index (κ1) is 18.4. The van der Waals surface area contributed by atoms with Crippen LogP contribution < -0.4 is 10.6 Å². The van der Waals surface area contributed by atoms with E-state index in [9.17, 15) is 14.7 Å². The predicted octanol–water partition coefficient (Wildman–Crippen LogP) is 4.12. The van der Waals surface area contributed by atoms with Gasteiger partial charge in [-0.2, -0.15) is 0 Å². The summed E-state index contributed by atoms with van der Waals surface area (Å²) in [5.74, 6) is -0.790. The van der Waals surface area contributed by atoms with Crippen molar-refractivity contribution in [3.8, 4) is 11.5 Å². The zero-order chi connectivity index (χ0) is 19.4. The lowest BCUT2D eigenvalue weighted by atomic mass is 9.99. The number of carboxylic acid groups (broad SMARTS) is 1. The number of amides is 2. The van der Waals surface area contributed by atoms with Crippen molar-refractivity contribution in [3.05, 3.63) is 48.5 Å². The molecule has 0 aliphatic heterocycles. The Morgan fingerprint density at radius 1 is 1.19 bits per heavy atom. The molecule has 1 heterocycles. The van der Waals surface area contributed by atoms with Crippen LogP contribution in [0.2, 0.25) is 0 Å². The van der Waals surface area contributed by atoms with Gasteiger partial charge in [-0.3, -0.25) is 0 Å². The summed E-state index contributed by atoms with van der Waals surface area (Å²) in [5.41, 5.74) is 2.66. The molecule has 0 spiro atoms. The second-order valence-electron chi connectivity index (χ2n) is 6.37. The molecule has 1 aromatic heterocycles. The number of fused-ring (bicyclic) bond motifs is 1. The van der Waals surface area contributed by atoms with E-state index >= 15 is 0 Å². The Morgan fingerprint density at radius 2 is 1.96 bits per heavy atom. The van der Waals surface area contributed by atoms with Crippen molar-refractivity contribution >= 4 is 28.8 Å². The third kappa shape index (κ3) is 4.25. The van der Waals surface area contributed by atoms with E-state index in [1.54, 1.807) is 25.1 Å². The Morgan fingerprint density at radius 3 is 2.67 bits per heavy atom. The number of urea groups is 1. The number of aliphatic carboxylic acids is 1. The predicted molar refractivity (Wildman–Crippen MR) is 102 cm³/mol. The van der Waals surface area contributed by atoms with Crippen LogP contribution in [0.3, 0.4) is 0 Å². The summed E-state index contributed by atoms with van der Waals surface area (Å²) in [6.45, 7) is 3.66. The SMILES string of the molecule is CCC(C)[C@H](NC(=O)Nc1cccc(-c2nc3ccccc3o2)c1)C(=O)O. The van der Waals surface area contributed by atoms with Gasteiger partial charge in [0.05, 0.1) is 0 Å². The summed E-state index contributed by atoms with van der Waals surface area (Å²) in [7, 11) is 0. The standard InChI is InChI=1S/C20H21N3O4/c1-3-12(2)17(19(24)25)23-20(26)21-14-8-6-7-13(11-14)18-22-15-9-4-5-10-16(15)27-18/h4-12,17H,3H2,1-2H3,(H,24,25)(H2,21,23,26)/t12?,17-/m0/s1. The van der Waals surface area contributed by atoms with Crippen LogP contribution in [0.5, 0.6) is 0 Å². The monoisotopic (exact) mass is 367 g/mol. The highest BCUT2D eigenvalue weighted by atomic mass is 16.4. The number of hydrogen-bond acceptors (Lipinski definition) is 4. The quantitative estimate of drug-likeness (QED) is 0.608. The topological polar surface area (TPSA) is 104 Å². The van der Waals surface area contributed by atoms with Gasteiger partial charge in [-0.05, 0) is 36.2 Å². The van der Waals surface area contributed by atoms with Crippen molar-refractivity contribution in [2.45, 2.75) is 26.3 Å². The van der Waals surface area contributed by atoms with Crippen molar-refractivity contribution < 1.29 is 19.1 Å². The summed E-state index contributed by atoms with van der Waals surface area (Å²) in [5, 5.41) is 14.5. The maximum absolute atomic E-state index is 12.2. The minimum atomic E-state index is -1.06. The van der Waals surface area contributed by atoms with Crippen molar-refractivity contribution in [2.75, 3.05) is 5.32 Å². The number of anilines is 1. The maximum atomic E-state index is 12.2. The fraction of sp³-hybridized carbons (Fsp3) is 0.250. The number of rotatable bonds is 6. The molecule has 2 aromatic carbocycles. The molecular weight excluding hydrogens is 346 g/mol. The van der Waals surface area contributed by atoms with Crippen LogP contribution in [0.4, 0.5) is 10.5 Å². The van der Waals surface area contributed by atoms with Crippen molar-refractivity contribution in [1.82, 2.24) is 10.3 Å². The van der Waals surface area contributed by atoms with Crippen LogP contribution >= 0.6 is 0 Å². The van der Waals surface area contributed by atoms with E-state index in [4.69, 9.17) is 4.42 Å². The number of aromatic nitrogens is 1. The number of para-hydroxylation sites is 2. The van der Waals surface area contributed by atoms with Crippen LogP contribution in [0.25, 0.3) is 22.6 Å². The van der Waals surface area contributed by atoms with Gasteiger partial charge in [0.1, 0.15) is 11.6 Å². The van der Waals surface area contributed by atoms with E-state index in [2.05, 4.69) is 15.6 Å². The number of carboxylic acids is 1. The first-order chi connectivity index (χ1) is 13.0. The smallest absolute Gasteiger partial charge is 0.326 e. The molecule has 27 heavy (non-hydrogen) atoms. The molecule has 1 unspecified atom stereocenters. The molecule has 2 amide bonds. The third-order valence-corrected chi connectivity index (χ3v) is 4.43. The molecule has 0 saturated carbocycles. The second kappa shape index (κ2) is 7.90. The summed E-state index contributed by atoms with van der Waals surface area (Å²) >= 11 is 0. The van der Waals surface area contributed by atoms with Crippen LogP contribution in [0.15, 0.2) is 52.9 Å². The molecule has 0 bridgehead atoms. The van der Waals surface area contributed by atoms with E-state index in [1.165, 1.54) is 0 Å². The van der Waals surface area contributed by atoms with E-state index in [1.807, 2.05) is 37.3 Å². The third-order valence-electron chi connectivity index (χ3n) is 4.43. The lowest BCUT2D eigenvalue weighted by molar-refractivity contribution is -0.140. The highest BCUT2D eigenvalue weighted by molar-refractivity contribution is 5.93. The molecule has 0 aliphatic rings. The molecule has 140 valence electrons. The Bertz CT molecular complexity index is 934. The number of hydrogen-bond donors (Lipinski definition) is 3. The lowest BCUT2D eigenvalue weighted by Gasteiger charge is -2.20. The molecule has 3 rings (SSSR count). The first-order valence-corrected chi connectivity index (χ1v) is 8.74. The van der Waals surface area contributed by atoms with Gasteiger partial charge in [-0.25, -0.2) is 14.6 Å². The molecule has 0 saturated heterocycles. The molecule has 0 aliphatic carbocycles. The maximum Gasteiger partial charge on any atom is 0.326 e. The van der Waals surface area contributed by atoms with Gasteiger partial charge in [0.2, 0.25) is 5.89 Å². The number of carbonyl (C=O) groups is 2. The lowest BCUT2D eigenvalue weighted by Crippen LogP contribution is -2.46. The van der Waals surface area contributed by atoms with Gasteiger partial charge >= 0.3 is 12.0 Å². The summed E-state index contributed by atoms with van der Waals surface area (Å²) in [4.78, 5) is 28.0. The van der Waals surface area contributed by atoms with E-state index in [0.29, 0.717) is 29.1 Å². The Labute approximate surface area is 156 Å². The molecule has 0 fully saturated rings. The minimum absolute atomic E-state index is 0.181. The zero-order valence-corrected chi connectivity index (χ0v) is 15.1. The van der Waals surface area contributed by atoms with E-state index < -0.39 is 18.0 Å². The van der Waals surface area contributed by atoms with Crippen molar-refractivity contribution in [3.63, 3.8) is 0 Å². The zero-order valence-electron chi connectivity index (χ0n) is 15.1. The molecule has 7 nitrogen and oxygen atoms in total. The molecular formula is C20H21N3O4. The van der Waals surface area contributed by atoms with Gasteiger partial charge < -0.3 is 20.2 Å². The molecule has 3 aromatic rings. The van der Waals surface area contributed by atoms with Crippen molar-refractivity contribution in [1.29, 1.82) is 0 Å². The Balaban J connectivity index is 1.75. The average molecular weight is 367 g/mol. The van der Waals surface area contributed by atoms with Gasteiger partial charge in [0, 0.05) is 11.3 Å². The molecule has 3 N–H and O–H groups in total. The van der Waals surface area contributed by atoms with Crippen LogP contribution in [-0.4, -0.2) is 28.1 Å². The van der Waals surface area contributed by atoms with E-state index in [-0.39, 0.29) is 5.92 Å². The van der Waals surface area contributed by atoms with Gasteiger partial charge in [0.15, 0.2) is 5.58 Å². The summed E-state index contributed by atoms with van der Waals surface area (Å²) < 4.78 is 5.74.